The molecule has 3 aromatic rings. The Labute approximate surface area is 182 Å². The Hall–Kier alpha value is -2.58. The van der Waals surface area contributed by atoms with Gasteiger partial charge in [0.1, 0.15) is 0 Å². The molecular formula is C21H21BrN4O2S. The number of carbonyl (C=O) groups excluding carboxylic acids is 2. The molecule has 2 amide bonds. The summed E-state index contributed by atoms with van der Waals surface area (Å²) >= 11 is 4.65. The topological polar surface area (TPSA) is 76.0 Å². The van der Waals surface area contributed by atoms with E-state index in [1.165, 1.54) is 11.8 Å². The minimum atomic E-state index is -0.131. The molecular weight excluding hydrogens is 452 g/mol. The molecule has 1 aromatic heterocycles. The van der Waals surface area contributed by atoms with Crippen LogP contribution >= 0.6 is 27.7 Å². The van der Waals surface area contributed by atoms with Crippen molar-refractivity contribution in [1.82, 2.24) is 15.1 Å². The Bertz CT molecular complexity index is 946. The predicted octanol–water partition coefficient (Wildman–Crippen LogP) is 3.68. The maximum Gasteiger partial charge on any atom is 0.234 e. The Kier molecular flexibility index (Phi) is 7.89. The standard InChI is InChI=1S/C21H21BrN4O2S/c22-18-3-1-4-19(11-18)25-21(28)15-29-14-20(27)23-12-16-5-7-17(8-6-16)13-26-10-2-9-24-26/h1-11H,12-15H2,(H,23,27)(H,25,28). The van der Waals surface area contributed by atoms with Gasteiger partial charge in [0, 0.05) is 29.1 Å². The molecule has 0 radical (unpaired) electrons. The van der Waals surface area contributed by atoms with Crippen molar-refractivity contribution >= 4 is 45.2 Å². The van der Waals surface area contributed by atoms with Crippen molar-refractivity contribution in [2.75, 3.05) is 16.8 Å². The van der Waals surface area contributed by atoms with E-state index in [1.807, 2.05) is 65.5 Å². The second-order valence-corrected chi connectivity index (χ2v) is 8.25. The van der Waals surface area contributed by atoms with Crippen LogP contribution in [0.25, 0.3) is 0 Å². The van der Waals surface area contributed by atoms with Crippen LogP contribution in [0.5, 0.6) is 0 Å². The lowest BCUT2D eigenvalue weighted by Gasteiger charge is -2.08. The fourth-order valence-electron chi connectivity index (χ4n) is 2.59. The first-order valence-corrected chi connectivity index (χ1v) is 11.0. The van der Waals surface area contributed by atoms with Gasteiger partial charge in [-0.3, -0.25) is 14.3 Å². The maximum absolute atomic E-state index is 12.0. The molecule has 3 rings (SSSR count). The van der Waals surface area contributed by atoms with Crippen LogP contribution in [-0.4, -0.2) is 33.1 Å². The highest BCUT2D eigenvalue weighted by atomic mass is 79.9. The quantitative estimate of drug-likeness (QED) is 0.497. The summed E-state index contributed by atoms with van der Waals surface area (Å²) in [5.74, 6) is 0.241. The number of halogens is 1. The highest BCUT2D eigenvalue weighted by Crippen LogP contribution is 2.16. The average molecular weight is 473 g/mol. The Morgan fingerprint density at radius 3 is 2.48 bits per heavy atom. The van der Waals surface area contributed by atoms with Gasteiger partial charge in [-0.05, 0) is 35.4 Å². The molecule has 0 spiro atoms. The molecule has 0 fully saturated rings. The van der Waals surface area contributed by atoms with Gasteiger partial charge >= 0.3 is 0 Å². The van der Waals surface area contributed by atoms with E-state index in [1.54, 1.807) is 6.20 Å². The fraction of sp³-hybridized carbons (Fsp3) is 0.190. The lowest BCUT2D eigenvalue weighted by atomic mass is 10.1. The van der Waals surface area contributed by atoms with Crippen molar-refractivity contribution in [3.05, 3.63) is 82.6 Å². The van der Waals surface area contributed by atoms with Crippen molar-refractivity contribution in [2.45, 2.75) is 13.1 Å². The van der Waals surface area contributed by atoms with Gasteiger partial charge in [-0.1, -0.05) is 46.3 Å². The molecule has 2 N–H and O–H groups in total. The molecule has 0 unspecified atom stereocenters. The van der Waals surface area contributed by atoms with Gasteiger partial charge < -0.3 is 10.6 Å². The number of amides is 2. The van der Waals surface area contributed by atoms with Crippen LogP contribution in [0.15, 0.2) is 71.5 Å². The van der Waals surface area contributed by atoms with Crippen LogP contribution in [0, 0.1) is 0 Å². The molecule has 1 heterocycles. The second-order valence-electron chi connectivity index (χ2n) is 6.35. The highest BCUT2D eigenvalue weighted by Gasteiger charge is 2.07. The van der Waals surface area contributed by atoms with Crippen LogP contribution in [0.4, 0.5) is 5.69 Å². The Balaban J connectivity index is 1.34. The monoisotopic (exact) mass is 472 g/mol. The third kappa shape index (κ3) is 7.40. The SMILES string of the molecule is O=C(CSCC(=O)Nc1cccc(Br)c1)NCc1ccc(Cn2cccn2)cc1. The van der Waals surface area contributed by atoms with Crippen molar-refractivity contribution in [3.8, 4) is 0 Å². The van der Waals surface area contributed by atoms with E-state index >= 15 is 0 Å². The van der Waals surface area contributed by atoms with Crippen molar-refractivity contribution in [3.63, 3.8) is 0 Å². The minimum absolute atomic E-state index is 0.0918. The lowest BCUT2D eigenvalue weighted by molar-refractivity contribution is -0.118. The number of hydrogen-bond donors (Lipinski definition) is 2. The largest absolute Gasteiger partial charge is 0.351 e. The summed E-state index contributed by atoms with van der Waals surface area (Å²) in [6, 6.07) is 17.3. The summed E-state index contributed by atoms with van der Waals surface area (Å²) in [6.45, 7) is 1.18. The van der Waals surface area contributed by atoms with Crippen LogP contribution in [0.1, 0.15) is 11.1 Å². The zero-order valence-electron chi connectivity index (χ0n) is 15.7. The average Bonchev–Trinajstić information content (AvgIpc) is 3.20. The summed E-state index contributed by atoms with van der Waals surface area (Å²) in [5, 5.41) is 9.88. The van der Waals surface area contributed by atoms with Gasteiger partial charge in [0.15, 0.2) is 0 Å². The number of nitrogens with one attached hydrogen (secondary N) is 2. The number of benzene rings is 2. The second kappa shape index (κ2) is 10.8. The van der Waals surface area contributed by atoms with Crippen LogP contribution in [0.2, 0.25) is 0 Å². The molecule has 6 nitrogen and oxygen atoms in total. The van der Waals surface area contributed by atoms with Gasteiger partial charge in [-0.2, -0.15) is 5.10 Å². The first-order valence-electron chi connectivity index (χ1n) is 9.03. The van der Waals surface area contributed by atoms with E-state index in [4.69, 9.17) is 0 Å². The molecule has 0 saturated carbocycles. The van der Waals surface area contributed by atoms with Gasteiger partial charge in [-0.15, -0.1) is 11.8 Å². The van der Waals surface area contributed by atoms with Gasteiger partial charge in [0.2, 0.25) is 11.8 Å². The summed E-state index contributed by atoms with van der Waals surface area (Å²) in [6.07, 6.45) is 3.68. The number of thioether (sulfide) groups is 1. The van der Waals surface area contributed by atoms with Gasteiger partial charge in [0.25, 0.3) is 0 Å². The summed E-state index contributed by atoms with van der Waals surface area (Å²) in [7, 11) is 0. The van der Waals surface area contributed by atoms with E-state index in [-0.39, 0.29) is 23.3 Å². The zero-order chi connectivity index (χ0) is 20.5. The normalized spacial score (nSPS) is 10.5. The summed E-state index contributed by atoms with van der Waals surface area (Å²) in [4.78, 5) is 23.9. The third-order valence-electron chi connectivity index (χ3n) is 3.99. The van der Waals surface area contributed by atoms with Crippen LogP contribution < -0.4 is 10.6 Å². The van der Waals surface area contributed by atoms with E-state index in [0.29, 0.717) is 6.54 Å². The van der Waals surface area contributed by atoms with Gasteiger partial charge in [0.05, 0.1) is 18.1 Å². The minimum Gasteiger partial charge on any atom is -0.351 e. The van der Waals surface area contributed by atoms with E-state index < -0.39 is 0 Å². The maximum atomic E-state index is 12.0. The van der Waals surface area contributed by atoms with Gasteiger partial charge in [-0.25, -0.2) is 0 Å². The number of anilines is 1. The molecule has 2 aromatic carbocycles. The number of aromatic nitrogens is 2. The highest BCUT2D eigenvalue weighted by molar-refractivity contribution is 9.10. The molecule has 29 heavy (non-hydrogen) atoms. The van der Waals surface area contributed by atoms with Crippen LogP contribution in [-0.2, 0) is 22.7 Å². The molecule has 0 saturated heterocycles. The first kappa shape index (κ1) is 21.1. The third-order valence-corrected chi connectivity index (χ3v) is 5.42. The molecule has 8 heteroatoms. The Morgan fingerprint density at radius 2 is 1.76 bits per heavy atom. The van der Waals surface area contributed by atoms with E-state index in [0.717, 1.165) is 27.8 Å². The first-order chi connectivity index (χ1) is 14.1. The fourth-order valence-corrected chi connectivity index (χ4v) is 3.64. The summed E-state index contributed by atoms with van der Waals surface area (Å²) in [5.41, 5.74) is 2.90. The number of hydrogen-bond acceptors (Lipinski definition) is 4. The summed E-state index contributed by atoms with van der Waals surface area (Å²) < 4.78 is 2.76. The predicted molar refractivity (Wildman–Crippen MR) is 120 cm³/mol. The van der Waals surface area contributed by atoms with Crippen molar-refractivity contribution in [2.24, 2.45) is 0 Å². The van der Waals surface area contributed by atoms with Crippen molar-refractivity contribution < 1.29 is 9.59 Å². The molecule has 0 atom stereocenters. The molecule has 0 aliphatic carbocycles. The van der Waals surface area contributed by atoms with E-state index in [9.17, 15) is 9.59 Å². The molecule has 150 valence electrons. The number of rotatable bonds is 9. The zero-order valence-corrected chi connectivity index (χ0v) is 18.1. The molecule has 0 bridgehead atoms. The number of nitrogens with zero attached hydrogens (tertiary/aromatic N) is 2. The Morgan fingerprint density at radius 1 is 1.00 bits per heavy atom. The van der Waals surface area contributed by atoms with E-state index in [2.05, 4.69) is 31.7 Å². The lowest BCUT2D eigenvalue weighted by Crippen LogP contribution is -2.25. The molecule has 0 aliphatic rings. The number of carbonyl (C=O) groups is 2. The van der Waals surface area contributed by atoms with Crippen LogP contribution in [0.3, 0.4) is 0 Å². The molecule has 0 aliphatic heterocycles. The smallest absolute Gasteiger partial charge is 0.234 e. The van der Waals surface area contributed by atoms with Crippen molar-refractivity contribution in [1.29, 1.82) is 0 Å².